The van der Waals surface area contributed by atoms with E-state index in [1.165, 1.54) is 32.4 Å². The highest BCUT2D eigenvalue weighted by molar-refractivity contribution is 5.45. The number of rotatable bonds is 4. The molecule has 0 amide bonds. The van der Waals surface area contributed by atoms with E-state index in [4.69, 9.17) is 9.47 Å². The quantitative estimate of drug-likeness (QED) is 0.776. The molecule has 0 fully saturated rings. The fourth-order valence-corrected chi connectivity index (χ4v) is 1.24. The Kier molecular flexibility index (Phi) is 3.68. The van der Waals surface area contributed by atoms with E-state index in [0.29, 0.717) is 5.56 Å². The van der Waals surface area contributed by atoms with Crippen molar-refractivity contribution in [1.82, 2.24) is 0 Å². The van der Waals surface area contributed by atoms with Gasteiger partial charge in [0.25, 0.3) is 0 Å². The molecule has 0 aliphatic carbocycles. The lowest BCUT2D eigenvalue weighted by Gasteiger charge is -2.12. The Hall–Kier alpha value is -1.55. The van der Waals surface area contributed by atoms with Crippen molar-refractivity contribution >= 4 is 0 Å². The van der Waals surface area contributed by atoms with Gasteiger partial charge in [0.2, 0.25) is 0 Å². The maximum Gasteiger partial charge on any atom is 0.196 e. The third-order valence-corrected chi connectivity index (χ3v) is 2.02. The van der Waals surface area contributed by atoms with Gasteiger partial charge in [0, 0.05) is 0 Å². The van der Waals surface area contributed by atoms with E-state index in [1.54, 1.807) is 0 Å². The average molecular weight is 212 g/mol. The van der Waals surface area contributed by atoms with E-state index in [0.717, 1.165) is 0 Å². The summed E-state index contributed by atoms with van der Waals surface area (Å²) in [7, 11) is 2.76. The first kappa shape index (κ1) is 11.5. The first-order valence-corrected chi connectivity index (χ1v) is 4.36. The first-order valence-electron chi connectivity index (χ1n) is 4.36. The van der Waals surface area contributed by atoms with Gasteiger partial charge in [0.1, 0.15) is 0 Å². The number of aliphatic hydroxyl groups excluding tert-OH is 1. The highest BCUT2D eigenvalue weighted by Gasteiger charge is 2.14. The van der Waals surface area contributed by atoms with Crippen LogP contribution in [0.3, 0.4) is 0 Å². The predicted molar refractivity (Wildman–Crippen MR) is 54.7 cm³/mol. The van der Waals surface area contributed by atoms with Gasteiger partial charge in [-0.25, -0.2) is 4.39 Å². The van der Waals surface area contributed by atoms with Crippen LogP contribution in [0.25, 0.3) is 0 Å². The largest absolute Gasteiger partial charge is 0.493 e. The number of benzene rings is 1. The van der Waals surface area contributed by atoms with Crippen LogP contribution in [-0.4, -0.2) is 19.3 Å². The van der Waals surface area contributed by atoms with Crippen molar-refractivity contribution in [3.63, 3.8) is 0 Å². The molecular weight excluding hydrogens is 199 g/mol. The number of hydrogen-bond donors (Lipinski definition) is 1. The molecule has 0 saturated heterocycles. The minimum absolute atomic E-state index is 0.0255. The molecule has 3 nitrogen and oxygen atoms in total. The highest BCUT2D eigenvalue weighted by Crippen LogP contribution is 2.33. The summed E-state index contributed by atoms with van der Waals surface area (Å²) in [6, 6.07) is 2.70. The number of hydrogen-bond acceptors (Lipinski definition) is 3. The van der Waals surface area contributed by atoms with Crippen LogP contribution < -0.4 is 9.47 Å². The van der Waals surface area contributed by atoms with E-state index < -0.39 is 11.9 Å². The summed E-state index contributed by atoms with van der Waals surface area (Å²) in [5, 5.41) is 9.46. The molecule has 1 rings (SSSR count). The highest BCUT2D eigenvalue weighted by atomic mass is 19.1. The summed E-state index contributed by atoms with van der Waals surface area (Å²) in [6.07, 6.45) is 0.389. The molecule has 1 aromatic carbocycles. The zero-order chi connectivity index (χ0) is 11.4. The fraction of sp³-hybridized carbons (Fsp3) is 0.273. The lowest BCUT2D eigenvalue weighted by atomic mass is 10.1. The zero-order valence-electron chi connectivity index (χ0n) is 8.66. The molecular formula is C11H13FO3. The van der Waals surface area contributed by atoms with E-state index in [-0.39, 0.29) is 11.5 Å². The Labute approximate surface area is 87.8 Å². The Morgan fingerprint density at radius 2 is 2.07 bits per heavy atom. The maximum absolute atomic E-state index is 13.4. The second-order valence-corrected chi connectivity index (χ2v) is 2.92. The average Bonchev–Trinajstić information content (AvgIpc) is 2.26. The van der Waals surface area contributed by atoms with Crippen LogP contribution in [0, 0.1) is 5.82 Å². The van der Waals surface area contributed by atoms with Crippen molar-refractivity contribution in [3.05, 3.63) is 36.2 Å². The molecule has 82 valence electrons. The summed E-state index contributed by atoms with van der Waals surface area (Å²) in [4.78, 5) is 0. The van der Waals surface area contributed by atoms with Crippen molar-refractivity contribution in [3.8, 4) is 11.5 Å². The molecule has 1 atom stereocenters. The van der Waals surface area contributed by atoms with Crippen molar-refractivity contribution in [2.75, 3.05) is 14.2 Å². The maximum atomic E-state index is 13.4. The molecule has 0 bridgehead atoms. The molecule has 0 aliphatic rings. The summed E-state index contributed by atoms with van der Waals surface area (Å²) in [5.74, 6) is -0.307. The standard InChI is InChI=1S/C11H13FO3/c1-4-9(13)7-5-8(12)11(15-3)10(6-7)14-2/h4-6,9,13H,1H2,2-3H3. The summed E-state index contributed by atoms with van der Waals surface area (Å²) in [5.41, 5.74) is 0.375. The van der Waals surface area contributed by atoms with Crippen LogP contribution in [0.5, 0.6) is 11.5 Å². The minimum Gasteiger partial charge on any atom is -0.493 e. The van der Waals surface area contributed by atoms with Crippen molar-refractivity contribution < 1.29 is 19.0 Å². The van der Waals surface area contributed by atoms with Gasteiger partial charge in [-0.05, 0) is 17.7 Å². The van der Waals surface area contributed by atoms with Gasteiger partial charge in [-0.3, -0.25) is 0 Å². The summed E-state index contributed by atoms with van der Waals surface area (Å²) in [6.45, 7) is 3.42. The summed E-state index contributed by atoms with van der Waals surface area (Å²) < 4.78 is 23.2. The minimum atomic E-state index is -0.917. The van der Waals surface area contributed by atoms with Crippen LogP contribution in [0.1, 0.15) is 11.7 Å². The molecule has 1 unspecified atom stereocenters. The smallest absolute Gasteiger partial charge is 0.196 e. The number of ether oxygens (including phenoxy) is 2. The fourth-order valence-electron chi connectivity index (χ4n) is 1.24. The van der Waals surface area contributed by atoms with E-state index in [9.17, 15) is 9.50 Å². The molecule has 1 N–H and O–H groups in total. The Morgan fingerprint density at radius 3 is 2.53 bits per heavy atom. The molecule has 0 radical (unpaired) electrons. The second-order valence-electron chi connectivity index (χ2n) is 2.92. The van der Waals surface area contributed by atoms with E-state index >= 15 is 0 Å². The Morgan fingerprint density at radius 1 is 1.40 bits per heavy atom. The van der Waals surface area contributed by atoms with Crippen molar-refractivity contribution in [2.24, 2.45) is 0 Å². The van der Waals surface area contributed by atoms with Gasteiger partial charge >= 0.3 is 0 Å². The number of halogens is 1. The molecule has 15 heavy (non-hydrogen) atoms. The lowest BCUT2D eigenvalue weighted by Crippen LogP contribution is -1.99. The second kappa shape index (κ2) is 4.79. The molecule has 0 heterocycles. The molecule has 1 aromatic rings. The Balaban J connectivity index is 3.25. The van der Waals surface area contributed by atoms with Gasteiger partial charge in [-0.15, -0.1) is 6.58 Å². The monoisotopic (exact) mass is 212 g/mol. The third-order valence-electron chi connectivity index (χ3n) is 2.02. The van der Waals surface area contributed by atoms with Gasteiger partial charge in [0.05, 0.1) is 20.3 Å². The summed E-state index contributed by atoms with van der Waals surface area (Å²) >= 11 is 0. The Bertz CT molecular complexity index is 363. The molecule has 0 saturated carbocycles. The van der Waals surface area contributed by atoms with Crippen LogP contribution in [0.15, 0.2) is 24.8 Å². The van der Waals surface area contributed by atoms with Crippen molar-refractivity contribution in [2.45, 2.75) is 6.10 Å². The molecule has 0 aliphatic heterocycles. The topological polar surface area (TPSA) is 38.7 Å². The van der Waals surface area contributed by atoms with Crippen LogP contribution >= 0.6 is 0 Å². The molecule has 0 aromatic heterocycles. The van der Waals surface area contributed by atoms with E-state index in [2.05, 4.69) is 6.58 Å². The van der Waals surface area contributed by atoms with Gasteiger partial charge in [0.15, 0.2) is 17.3 Å². The molecule has 0 spiro atoms. The zero-order valence-corrected chi connectivity index (χ0v) is 8.66. The first-order chi connectivity index (χ1) is 7.13. The number of aliphatic hydroxyl groups is 1. The molecule has 4 heteroatoms. The van der Waals surface area contributed by atoms with Crippen LogP contribution in [-0.2, 0) is 0 Å². The van der Waals surface area contributed by atoms with Gasteiger partial charge < -0.3 is 14.6 Å². The van der Waals surface area contributed by atoms with Crippen molar-refractivity contribution in [1.29, 1.82) is 0 Å². The van der Waals surface area contributed by atoms with Crippen LogP contribution in [0.2, 0.25) is 0 Å². The van der Waals surface area contributed by atoms with Gasteiger partial charge in [-0.2, -0.15) is 0 Å². The normalized spacial score (nSPS) is 12.0. The SMILES string of the molecule is C=CC(O)c1cc(F)c(OC)c(OC)c1. The van der Waals surface area contributed by atoms with E-state index in [1.807, 2.05) is 0 Å². The van der Waals surface area contributed by atoms with Gasteiger partial charge in [-0.1, -0.05) is 6.08 Å². The number of methoxy groups -OCH3 is 2. The lowest BCUT2D eigenvalue weighted by molar-refractivity contribution is 0.227. The van der Waals surface area contributed by atoms with Crippen LogP contribution in [0.4, 0.5) is 4.39 Å². The third kappa shape index (κ3) is 2.27. The predicted octanol–water partition coefficient (Wildman–Crippen LogP) is 2.06.